The van der Waals surface area contributed by atoms with E-state index < -0.39 is 28.5 Å². The lowest BCUT2D eigenvalue weighted by Gasteiger charge is -2.33. The SMILES string of the molecule is CCCNC(=O)[C@@H](Cc1ccccc1)N(Cc1cccc(C)c1)C(=O)CN(c1cc(Cl)cc(Cl)c1)S(C)(=O)=O. The van der Waals surface area contributed by atoms with E-state index in [1.54, 1.807) is 0 Å². The van der Waals surface area contributed by atoms with Crippen LogP contribution < -0.4 is 9.62 Å². The van der Waals surface area contributed by atoms with Gasteiger partial charge in [0.2, 0.25) is 21.8 Å². The maximum absolute atomic E-state index is 14.0. The van der Waals surface area contributed by atoms with Gasteiger partial charge >= 0.3 is 0 Å². The smallest absolute Gasteiger partial charge is 0.244 e. The fourth-order valence-electron chi connectivity index (χ4n) is 4.22. The third kappa shape index (κ3) is 8.98. The van der Waals surface area contributed by atoms with Crippen molar-refractivity contribution in [3.8, 4) is 0 Å². The van der Waals surface area contributed by atoms with Crippen molar-refractivity contribution in [2.24, 2.45) is 0 Å². The molecular weight excluding hydrogens is 557 g/mol. The molecule has 0 aliphatic rings. The van der Waals surface area contributed by atoms with Crippen LogP contribution >= 0.6 is 23.2 Å². The van der Waals surface area contributed by atoms with E-state index in [0.29, 0.717) is 6.54 Å². The Bertz CT molecular complexity index is 1380. The summed E-state index contributed by atoms with van der Waals surface area (Å²) in [5.41, 5.74) is 2.86. The molecule has 3 aromatic rings. The molecule has 0 radical (unpaired) electrons. The second-order valence-electron chi connectivity index (χ2n) is 9.40. The van der Waals surface area contributed by atoms with E-state index >= 15 is 0 Å². The second-order valence-corrected chi connectivity index (χ2v) is 12.2. The van der Waals surface area contributed by atoms with Gasteiger partial charge in [0.25, 0.3) is 0 Å². The molecule has 0 aromatic heterocycles. The molecule has 0 heterocycles. The molecule has 0 aliphatic carbocycles. The van der Waals surface area contributed by atoms with E-state index in [4.69, 9.17) is 23.2 Å². The predicted octanol–water partition coefficient (Wildman–Crippen LogP) is 5.23. The molecule has 39 heavy (non-hydrogen) atoms. The lowest BCUT2D eigenvalue weighted by Crippen LogP contribution is -2.53. The molecule has 0 unspecified atom stereocenters. The molecule has 0 aliphatic heterocycles. The number of carbonyl (C=O) groups is 2. The fourth-order valence-corrected chi connectivity index (χ4v) is 5.57. The highest BCUT2D eigenvalue weighted by Crippen LogP contribution is 2.27. The first-order chi connectivity index (χ1) is 18.5. The standard InChI is InChI=1S/C29H33Cl2N3O4S/c1-4-13-32-29(36)27(15-22-10-6-5-7-11-22)33(19-23-12-8-9-21(2)14-23)28(35)20-34(39(3,37)38)26-17-24(30)16-25(31)18-26/h5-12,14,16-18,27H,4,13,15,19-20H2,1-3H3,(H,32,36)/t27-/m1/s1. The van der Waals surface area contributed by atoms with Gasteiger partial charge in [0.05, 0.1) is 11.9 Å². The normalized spacial score (nSPS) is 12.0. The minimum atomic E-state index is -3.91. The Hall–Kier alpha value is -3.07. The summed E-state index contributed by atoms with van der Waals surface area (Å²) in [6.45, 7) is 3.92. The molecule has 1 N–H and O–H groups in total. The maximum atomic E-state index is 14.0. The van der Waals surface area contributed by atoms with Gasteiger partial charge in [-0.05, 0) is 42.7 Å². The average Bonchev–Trinajstić information content (AvgIpc) is 2.87. The molecule has 0 bridgehead atoms. The number of aryl methyl sites for hydroxylation is 1. The molecule has 0 saturated heterocycles. The number of hydrogen-bond acceptors (Lipinski definition) is 4. The Morgan fingerprint density at radius 2 is 1.56 bits per heavy atom. The number of rotatable bonds is 12. The summed E-state index contributed by atoms with van der Waals surface area (Å²) < 4.78 is 26.6. The van der Waals surface area contributed by atoms with Crippen molar-refractivity contribution in [3.63, 3.8) is 0 Å². The topological polar surface area (TPSA) is 86.8 Å². The van der Waals surface area contributed by atoms with Gasteiger partial charge < -0.3 is 10.2 Å². The number of sulfonamides is 1. The lowest BCUT2D eigenvalue weighted by molar-refractivity contribution is -0.140. The van der Waals surface area contributed by atoms with Gasteiger partial charge in [0.1, 0.15) is 12.6 Å². The number of carbonyl (C=O) groups excluding carboxylic acids is 2. The van der Waals surface area contributed by atoms with Crippen LogP contribution in [0.25, 0.3) is 0 Å². The van der Waals surface area contributed by atoms with E-state index in [9.17, 15) is 18.0 Å². The van der Waals surface area contributed by atoms with Gasteiger partial charge in [-0.15, -0.1) is 0 Å². The zero-order valence-corrected chi connectivity index (χ0v) is 24.6. The van der Waals surface area contributed by atoms with Gasteiger partial charge in [-0.3, -0.25) is 13.9 Å². The van der Waals surface area contributed by atoms with Crippen molar-refractivity contribution in [2.45, 2.75) is 39.3 Å². The Balaban J connectivity index is 2.06. The average molecular weight is 591 g/mol. The zero-order valence-electron chi connectivity index (χ0n) is 22.2. The second kappa shape index (κ2) is 13.8. The summed E-state index contributed by atoms with van der Waals surface area (Å²) in [7, 11) is -3.91. The number of benzene rings is 3. The first-order valence-electron chi connectivity index (χ1n) is 12.6. The summed E-state index contributed by atoms with van der Waals surface area (Å²) in [5, 5.41) is 3.38. The number of hydrogen-bond donors (Lipinski definition) is 1. The van der Waals surface area contributed by atoms with E-state index in [2.05, 4.69) is 5.32 Å². The van der Waals surface area contributed by atoms with Crippen LogP contribution in [0.5, 0.6) is 0 Å². The number of anilines is 1. The van der Waals surface area contributed by atoms with Crippen LogP contribution in [0, 0.1) is 6.92 Å². The molecule has 7 nitrogen and oxygen atoms in total. The molecule has 3 aromatic carbocycles. The summed E-state index contributed by atoms with van der Waals surface area (Å²) in [6.07, 6.45) is 2.00. The molecule has 208 valence electrons. The maximum Gasteiger partial charge on any atom is 0.244 e. The van der Waals surface area contributed by atoms with Gasteiger partial charge in [0, 0.05) is 29.6 Å². The van der Waals surface area contributed by atoms with Crippen LogP contribution in [-0.4, -0.2) is 50.5 Å². The van der Waals surface area contributed by atoms with Crippen LogP contribution in [0.1, 0.15) is 30.0 Å². The van der Waals surface area contributed by atoms with Crippen molar-refractivity contribution in [2.75, 3.05) is 23.7 Å². The number of nitrogens with one attached hydrogen (secondary N) is 1. The van der Waals surface area contributed by atoms with E-state index in [1.165, 1.54) is 23.1 Å². The largest absolute Gasteiger partial charge is 0.354 e. The van der Waals surface area contributed by atoms with E-state index in [-0.39, 0.29) is 34.6 Å². The van der Waals surface area contributed by atoms with Gasteiger partial charge in [-0.1, -0.05) is 90.3 Å². The number of nitrogens with zero attached hydrogens (tertiary/aromatic N) is 2. The Labute approximate surface area is 240 Å². The molecule has 1 atom stereocenters. The van der Waals surface area contributed by atoms with Gasteiger partial charge in [-0.25, -0.2) is 8.42 Å². The molecular formula is C29H33Cl2N3O4S. The Morgan fingerprint density at radius 3 is 2.15 bits per heavy atom. The van der Waals surface area contributed by atoms with E-state index in [0.717, 1.165) is 33.7 Å². The first-order valence-corrected chi connectivity index (χ1v) is 15.2. The fraction of sp³-hybridized carbons (Fsp3) is 0.310. The van der Waals surface area contributed by atoms with Crippen molar-refractivity contribution in [1.29, 1.82) is 0 Å². The Kier molecular flexibility index (Phi) is 10.8. The zero-order chi connectivity index (χ0) is 28.6. The molecule has 10 heteroatoms. The summed E-state index contributed by atoms with van der Waals surface area (Å²) in [4.78, 5) is 29.0. The van der Waals surface area contributed by atoms with Crippen LogP contribution in [-0.2, 0) is 32.6 Å². The third-order valence-electron chi connectivity index (χ3n) is 6.07. The molecule has 0 saturated carbocycles. The third-order valence-corrected chi connectivity index (χ3v) is 7.65. The van der Waals surface area contributed by atoms with Crippen molar-refractivity contribution in [3.05, 3.63) is 99.5 Å². The molecule has 2 amide bonds. The molecule has 3 rings (SSSR count). The van der Waals surface area contributed by atoms with Crippen LogP contribution in [0.2, 0.25) is 10.0 Å². The lowest BCUT2D eigenvalue weighted by atomic mass is 10.0. The van der Waals surface area contributed by atoms with Crippen molar-refractivity contribution in [1.82, 2.24) is 10.2 Å². The molecule has 0 fully saturated rings. The van der Waals surface area contributed by atoms with Gasteiger partial charge in [0.15, 0.2) is 0 Å². The minimum absolute atomic E-state index is 0.117. The van der Waals surface area contributed by atoms with E-state index in [1.807, 2.05) is 68.4 Å². The molecule has 0 spiro atoms. The van der Waals surface area contributed by atoms with Crippen LogP contribution in [0.15, 0.2) is 72.8 Å². The first kappa shape index (κ1) is 30.5. The minimum Gasteiger partial charge on any atom is -0.354 e. The van der Waals surface area contributed by atoms with Crippen LogP contribution in [0.3, 0.4) is 0 Å². The highest BCUT2D eigenvalue weighted by atomic mass is 35.5. The number of halogens is 2. The predicted molar refractivity (Wildman–Crippen MR) is 158 cm³/mol. The van der Waals surface area contributed by atoms with Crippen molar-refractivity contribution >= 4 is 50.7 Å². The van der Waals surface area contributed by atoms with Crippen molar-refractivity contribution < 1.29 is 18.0 Å². The number of amides is 2. The quantitative estimate of drug-likeness (QED) is 0.313. The van der Waals surface area contributed by atoms with Crippen LogP contribution in [0.4, 0.5) is 5.69 Å². The summed E-state index contributed by atoms with van der Waals surface area (Å²) in [6, 6.07) is 20.5. The highest BCUT2D eigenvalue weighted by molar-refractivity contribution is 7.92. The Morgan fingerprint density at radius 1 is 0.923 bits per heavy atom. The summed E-state index contributed by atoms with van der Waals surface area (Å²) >= 11 is 12.3. The highest BCUT2D eigenvalue weighted by Gasteiger charge is 2.33. The monoisotopic (exact) mass is 589 g/mol. The van der Waals surface area contributed by atoms with Gasteiger partial charge in [-0.2, -0.15) is 0 Å². The summed E-state index contributed by atoms with van der Waals surface area (Å²) in [5.74, 6) is -0.843.